The minimum Gasteiger partial charge on any atom is -0.396 e. The summed E-state index contributed by atoms with van der Waals surface area (Å²) in [4.78, 5) is 122. The number of ketones is 4. The van der Waals surface area contributed by atoms with Crippen molar-refractivity contribution in [3.8, 4) is 0 Å². The van der Waals surface area contributed by atoms with Crippen molar-refractivity contribution in [3.63, 3.8) is 0 Å². The van der Waals surface area contributed by atoms with Crippen molar-refractivity contribution in [2.45, 2.75) is 229 Å². The molecule has 4 heterocycles. The number of phosphoric acid groups is 2. The summed E-state index contributed by atoms with van der Waals surface area (Å²) in [6, 6.07) is -0.760. The third kappa shape index (κ3) is 34.2. The van der Waals surface area contributed by atoms with Crippen LogP contribution in [0.15, 0.2) is 6.33 Å². The van der Waals surface area contributed by atoms with Crippen LogP contribution in [-0.2, 0) is 79.7 Å². The Balaban J connectivity index is 1.27. The van der Waals surface area contributed by atoms with E-state index in [0.717, 1.165) is 26.4 Å². The van der Waals surface area contributed by atoms with Crippen LogP contribution in [0.3, 0.4) is 0 Å². The molecule has 3 amide bonds. The average molecular weight is 1390 g/mol. The number of nitrogens with zero attached hydrogens (tertiary/aromatic N) is 4. The molecule has 0 aliphatic carbocycles. The molecule has 1 aromatic heterocycles. The molecule has 0 saturated carbocycles. The van der Waals surface area contributed by atoms with E-state index in [9.17, 15) is 57.6 Å². The molecule has 0 bridgehead atoms. The van der Waals surface area contributed by atoms with Gasteiger partial charge in [-0.2, -0.15) is 0 Å². The maximum atomic E-state index is 13.9. The van der Waals surface area contributed by atoms with E-state index in [1.165, 1.54) is 11.2 Å². The molecule has 0 spiro atoms. The highest BCUT2D eigenvalue weighted by atomic mass is 31.2. The van der Waals surface area contributed by atoms with Gasteiger partial charge >= 0.3 is 15.6 Å². The predicted octanol–water partition coefficient (Wildman–Crippen LogP) is 4.75. The summed E-state index contributed by atoms with van der Waals surface area (Å²) < 4.78 is 70.6. The number of aliphatic hydroxyl groups is 3. The van der Waals surface area contributed by atoms with Crippen LogP contribution in [0.4, 0.5) is 17.3 Å². The van der Waals surface area contributed by atoms with Gasteiger partial charge in [0.05, 0.1) is 71.7 Å². The van der Waals surface area contributed by atoms with Crippen LogP contribution in [0.1, 0.15) is 193 Å². The van der Waals surface area contributed by atoms with Crippen molar-refractivity contribution >= 4 is 73.8 Å². The molecule has 3 unspecified atom stereocenters. The van der Waals surface area contributed by atoms with E-state index in [1.807, 2.05) is 0 Å². The number of β-amino-alcohol motifs (C(OH)–C–C–N with tert-alkyl or cyclic N) is 1. The first-order valence-corrected chi connectivity index (χ1v) is 36.8. The van der Waals surface area contributed by atoms with Gasteiger partial charge in [0.1, 0.15) is 59.1 Å². The molecule has 1 aromatic rings. The standard InChI is InChI=1S/C62H109N9O22P2/c1-86-94(82,83)91-41-54-53(38-58(92-54)71-46-68-59-60(64)66-45-67-61(59)71)93-95(84,85)90-40-47-37-52(78)39-70(47)57(81)26-10-5-3-2-4-9-25-56(80)69-62(43-88-35-28-51(77)21-11-15-30-63,42-87-34-27-50(76)20-8-6-7-19-48(74)23-13-17-32-72)44-89-36-29-55(79)65-31-16-12-22-49(75)24-14-18-33-73/h45,47,52-54,58,68,72-73,78H,2-44,46,63H2,1H3,(H,65,79)(H,69,80)(H,82,83)(H,84,85)(H2,64,66,67)/t47-,52+,53-,54+,58+,62?/m0/s1. The first-order chi connectivity index (χ1) is 45.6. The monoisotopic (exact) mass is 1390 g/mol. The summed E-state index contributed by atoms with van der Waals surface area (Å²) in [5.41, 5.74) is 10.8. The van der Waals surface area contributed by atoms with Gasteiger partial charge in [0.25, 0.3) is 0 Å². The van der Waals surface area contributed by atoms with Crippen molar-refractivity contribution < 1.29 is 105 Å². The second-order valence-corrected chi connectivity index (χ2v) is 27.5. The average Bonchev–Trinajstić information content (AvgIpc) is 1.64. The van der Waals surface area contributed by atoms with Crippen LogP contribution in [0.25, 0.3) is 0 Å². The number of amides is 3. The molecule has 8 atom stereocenters. The molecule has 544 valence electrons. The maximum Gasteiger partial charge on any atom is 0.472 e. The summed E-state index contributed by atoms with van der Waals surface area (Å²) in [6.07, 6.45) is 10.9. The van der Waals surface area contributed by atoms with Crippen LogP contribution in [0, 0.1) is 0 Å². The van der Waals surface area contributed by atoms with Gasteiger partial charge in [-0.25, -0.2) is 19.1 Å². The zero-order valence-electron chi connectivity index (χ0n) is 55.6. The van der Waals surface area contributed by atoms with Crippen molar-refractivity contribution in [3.05, 3.63) is 6.33 Å². The second-order valence-electron chi connectivity index (χ2n) is 24.6. The lowest BCUT2D eigenvalue weighted by atomic mass is 10.0. The molecule has 0 radical (unpaired) electrons. The summed E-state index contributed by atoms with van der Waals surface area (Å²) in [7, 11) is -8.44. The smallest absolute Gasteiger partial charge is 0.396 e. The molecule has 0 aromatic carbocycles. The Bertz CT molecular complexity index is 2510. The number of aliphatic hydroxyl groups excluding tert-OH is 3. The molecular formula is C62H109N9O22P2. The lowest BCUT2D eigenvalue weighted by Crippen LogP contribution is -2.58. The number of rotatable bonds is 58. The van der Waals surface area contributed by atoms with E-state index < -0.39 is 65.0 Å². The molecule has 3 aliphatic rings. The number of hydrogen-bond acceptors (Lipinski definition) is 26. The highest BCUT2D eigenvalue weighted by Crippen LogP contribution is 2.50. The van der Waals surface area contributed by atoms with E-state index in [0.29, 0.717) is 153 Å². The van der Waals surface area contributed by atoms with Gasteiger partial charge in [-0.15, -0.1) is 0 Å². The Morgan fingerprint density at radius 2 is 1.17 bits per heavy atom. The van der Waals surface area contributed by atoms with Crippen LogP contribution in [-0.4, -0.2) is 216 Å². The van der Waals surface area contributed by atoms with Crippen molar-refractivity contribution in [1.82, 2.24) is 25.5 Å². The fourth-order valence-corrected chi connectivity index (χ4v) is 12.6. The topological polar surface area (TPSA) is 449 Å². The summed E-state index contributed by atoms with van der Waals surface area (Å²) in [6.45, 7) is -0.207. The molecule has 2 fully saturated rings. The van der Waals surface area contributed by atoms with Crippen LogP contribution < -0.4 is 32.3 Å². The van der Waals surface area contributed by atoms with Crippen molar-refractivity contribution in [2.75, 3.05) is 115 Å². The van der Waals surface area contributed by atoms with Crippen LogP contribution >= 0.6 is 15.6 Å². The molecule has 12 N–H and O–H groups in total. The Morgan fingerprint density at radius 3 is 1.76 bits per heavy atom. The zero-order chi connectivity index (χ0) is 69.3. The fraction of sp³-hybridized carbons (Fsp3) is 0.823. The normalized spacial score (nSPS) is 19.6. The van der Waals surface area contributed by atoms with E-state index in [4.69, 9.17) is 54.2 Å². The molecule has 3 aliphatic heterocycles. The van der Waals surface area contributed by atoms with Gasteiger partial charge < -0.3 is 81.3 Å². The number of carbonyl (C=O) groups excluding carboxylic acids is 7. The molecular weight excluding hydrogens is 1280 g/mol. The second kappa shape index (κ2) is 46.7. The van der Waals surface area contributed by atoms with Gasteiger partial charge in [0.15, 0.2) is 11.6 Å². The number of anilines is 3. The molecule has 33 heteroatoms. The van der Waals surface area contributed by atoms with E-state index in [-0.39, 0.29) is 158 Å². The number of Topliss-reactive ketones (excluding diaryl/α,β-unsaturated/α-hetero) is 4. The number of ether oxygens (including phenoxy) is 4. The number of nitrogens with one attached hydrogen (secondary N) is 3. The minimum atomic E-state index is -4.91. The quantitative estimate of drug-likeness (QED) is 0.0310. The number of unbranched alkanes of at least 4 members (excludes halogenated alkanes) is 11. The molecule has 4 rings (SSSR count). The van der Waals surface area contributed by atoms with Gasteiger partial charge in [-0.3, -0.25) is 51.7 Å². The van der Waals surface area contributed by atoms with Gasteiger partial charge in [-0.1, -0.05) is 32.1 Å². The van der Waals surface area contributed by atoms with E-state index >= 15 is 0 Å². The highest BCUT2D eigenvalue weighted by Gasteiger charge is 2.47. The number of phosphoric ester groups is 2. The summed E-state index contributed by atoms with van der Waals surface area (Å²) in [5, 5.41) is 37.5. The third-order valence-electron chi connectivity index (χ3n) is 16.5. The largest absolute Gasteiger partial charge is 0.472 e. The highest BCUT2D eigenvalue weighted by molar-refractivity contribution is 7.47. The lowest BCUT2D eigenvalue weighted by molar-refractivity contribution is -0.133. The number of carbonyl (C=O) groups is 7. The molecule has 31 nitrogen and oxygen atoms in total. The summed E-state index contributed by atoms with van der Waals surface area (Å²) >= 11 is 0. The van der Waals surface area contributed by atoms with Gasteiger partial charge in [-0.05, 0) is 90.0 Å². The SMILES string of the molecule is COP(=O)(O)OC[C@H]1O[C@@H](N2CNc3c(N)ncnc32)C[C@@H]1OP(=O)(O)OC[C@@H]1C[C@@H](O)CN1C(=O)CCCCCCCCC(=O)NC(COCCC(=O)CCCCN)(COCCC(=O)CCCCCC(=O)CCCCO)COCCC(=O)NCCCCC(=O)CCCCO. The first kappa shape index (κ1) is 82.9. The number of aromatic nitrogens is 2. The summed E-state index contributed by atoms with van der Waals surface area (Å²) in [5.74, 6) is -0.0393. The third-order valence-corrected chi connectivity index (χ3v) is 18.4. The Hall–Kier alpha value is -4.53. The lowest BCUT2D eigenvalue weighted by Gasteiger charge is -2.34. The number of likely N-dealkylation sites (tertiary alicyclic amines) is 1. The van der Waals surface area contributed by atoms with E-state index in [1.54, 1.807) is 4.90 Å². The minimum absolute atomic E-state index is 0.00225. The zero-order valence-corrected chi connectivity index (χ0v) is 57.4. The maximum absolute atomic E-state index is 13.9. The Kier molecular flexibility index (Phi) is 40.7. The van der Waals surface area contributed by atoms with Gasteiger partial charge in [0.2, 0.25) is 17.7 Å². The number of nitrogens with two attached hydrogens (primary N) is 2. The number of fused-ring (bicyclic) bond motifs is 1. The molecule has 95 heavy (non-hydrogen) atoms. The van der Waals surface area contributed by atoms with Crippen molar-refractivity contribution in [2.24, 2.45) is 5.73 Å². The molecule has 2 saturated heterocycles. The number of hydrogen-bond donors (Lipinski definition) is 10. The van der Waals surface area contributed by atoms with Crippen LogP contribution in [0.5, 0.6) is 0 Å². The Morgan fingerprint density at radius 1 is 0.653 bits per heavy atom. The van der Waals surface area contributed by atoms with Crippen molar-refractivity contribution in [1.29, 1.82) is 0 Å². The van der Waals surface area contributed by atoms with E-state index in [2.05, 4.69) is 30.4 Å². The number of nitrogen functional groups attached to an aromatic ring is 1. The predicted molar refractivity (Wildman–Crippen MR) is 349 cm³/mol. The first-order valence-electron chi connectivity index (χ1n) is 33.8. The van der Waals surface area contributed by atoms with Crippen LogP contribution in [0.2, 0.25) is 0 Å². The fourth-order valence-electron chi connectivity index (χ4n) is 11.1. The Labute approximate surface area is 558 Å². The van der Waals surface area contributed by atoms with Gasteiger partial charge in [0, 0.05) is 110 Å².